The van der Waals surface area contributed by atoms with Gasteiger partial charge in [-0.2, -0.15) is 0 Å². The number of rotatable bonds is 5. The van der Waals surface area contributed by atoms with Crippen molar-refractivity contribution in [1.82, 2.24) is 0 Å². The van der Waals surface area contributed by atoms with Gasteiger partial charge in [0.2, 0.25) is 6.17 Å². The summed E-state index contributed by atoms with van der Waals surface area (Å²) < 4.78 is 21.6. The Morgan fingerprint density at radius 2 is 1.77 bits per heavy atom. The normalized spacial score (nSPS) is 11.9. The van der Waals surface area contributed by atoms with Gasteiger partial charge in [-0.3, -0.25) is 4.79 Å². The molecule has 0 aliphatic heterocycles. The number of hydrogen-bond acceptors (Lipinski definition) is 4. The van der Waals surface area contributed by atoms with Crippen LogP contribution in [-0.4, -0.2) is 31.3 Å². The summed E-state index contributed by atoms with van der Waals surface area (Å²) in [6.45, 7) is 3.45. The molecule has 76 valence electrons. The maximum atomic E-state index is 12.8. The van der Waals surface area contributed by atoms with Gasteiger partial charge in [0.05, 0.1) is 19.6 Å². The minimum absolute atomic E-state index is 0.0993. The minimum atomic E-state index is -1.92. The molecule has 0 amide bonds. The van der Waals surface area contributed by atoms with E-state index in [9.17, 15) is 14.0 Å². The molecule has 5 heteroatoms. The first-order chi connectivity index (χ1) is 6.11. The topological polar surface area (TPSA) is 52.6 Å². The fourth-order valence-corrected chi connectivity index (χ4v) is 0.682. The fourth-order valence-electron chi connectivity index (χ4n) is 0.682. The summed E-state index contributed by atoms with van der Waals surface area (Å²) in [6, 6.07) is 0. The van der Waals surface area contributed by atoms with E-state index in [0.29, 0.717) is 0 Å². The Morgan fingerprint density at radius 3 is 2.23 bits per heavy atom. The van der Waals surface area contributed by atoms with E-state index in [1.54, 1.807) is 13.8 Å². The van der Waals surface area contributed by atoms with Crippen LogP contribution in [0.4, 0.5) is 4.39 Å². The molecule has 4 nitrogen and oxygen atoms in total. The van der Waals surface area contributed by atoms with Crippen LogP contribution in [0, 0.1) is 0 Å². The summed E-state index contributed by atoms with van der Waals surface area (Å²) in [5, 5.41) is 0. The smallest absolute Gasteiger partial charge is 0.341 e. The Bertz CT molecular complexity index is 181. The summed E-state index contributed by atoms with van der Waals surface area (Å²) in [7, 11) is 0. The number of carbonyl (C=O) groups excluding carboxylic acids is 2. The largest absolute Gasteiger partial charge is 0.466 e. The van der Waals surface area contributed by atoms with Gasteiger partial charge in [0, 0.05) is 0 Å². The lowest BCUT2D eigenvalue weighted by Gasteiger charge is -2.06. The highest BCUT2D eigenvalue weighted by atomic mass is 19.1. The average molecular weight is 192 g/mol. The molecular formula is C8H13FO4. The van der Waals surface area contributed by atoms with Crippen molar-refractivity contribution >= 4 is 11.9 Å². The molecule has 0 bridgehead atoms. The van der Waals surface area contributed by atoms with Gasteiger partial charge in [-0.05, 0) is 13.8 Å². The molecule has 0 aromatic rings. The van der Waals surface area contributed by atoms with Crippen LogP contribution >= 0.6 is 0 Å². The van der Waals surface area contributed by atoms with Gasteiger partial charge in [-0.15, -0.1) is 0 Å². The zero-order valence-corrected chi connectivity index (χ0v) is 7.71. The van der Waals surface area contributed by atoms with Crippen molar-refractivity contribution in [2.24, 2.45) is 0 Å². The standard InChI is InChI=1S/C8H13FO4/c1-3-12-7(10)5-6(9)8(11)13-4-2/h6H,3-5H2,1-2H3. The molecule has 0 N–H and O–H groups in total. The molecule has 1 atom stereocenters. The van der Waals surface area contributed by atoms with Gasteiger partial charge in [0.25, 0.3) is 0 Å². The molecule has 13 heavy (non-hydrogen) atoms. The van der Waals surface area contributed by atoms with E-state index in [-0.39, 0.29) is 13.2 Å². The molecular weight excluding hydrogens is 179 g/mol. The van der Waals surface area contributed by atoms with Crippen molar-refractivity contribution in [2.45, 2.75) is 26.4 Å². The van der Waals surface area contributed by atoms with Gasteiger partial charge in [0.15, 0.2) is 0 Å². The van der Waals surface area contributed by atoms with E-state index < -0.39 is 24.5 Å². The second-order valence-electron chi connectivity index (χ2n) is 2.23. The number of hydrogen-bond donors (Lipinski definition) is 0. The first kappa shape index (κ1) is 11.9. The number of halogens is 1. The number of ether oxygens (including phenoxy) is 2. The molecule has 0 aliphatic rings. The molecule has 0 rings (SSSR count). The molecule has 0 saturated heterocycles. The molecule has 0 aliphatic carbocycles. The van der Waals surface area contributed by atoms with Crippen LogP contribution in [0.5, 0.6) is 0 Å². The Morgan fingerprint density at radius 1 is 1.23 bits per heavy atom. The molecule has 0 aromatic carbocycles. The van der Waals surface area contributed by atoms with E-state index in [2.05, 4.69) is 9.47 Å². The van der Waals surface area contributed by atoms with E-state index in [1.807, 2.05) is 0 Å². The molecule has 0 saturated carbocycles. The van der Waals surface area contributed by atoms with Crippen molar-refractivity contribution in [2.75, 3.05) is 13.2 Å². The number of carbonyl (C=O) groups is 2. The van der Waals surface area contributed by atoms with Crippen LogP contribution in [0.2, 0.25) is 0 Å². The van der Waals surface area contributed by atoms with E-state index in [0.717, 1.165) is 0 Å². The predicted octanol–water partition coefficient (Wildman–Crippen LogP) is 0.841. The maximum Gasteiger partial charge on any atom is 0.341 e. The summed E-state index contributed by atoms with van der Waals surface area (Å²) >= 11 is 0. The molecule has 0 radical (unpaired) electrons. The van der Waals surface area contributed by atoms with E-state index in [1.165, 1.54) is 0 Å². The van der Waals surface area contributed by atoms with E-state index >= 15 is 0 Å². The van der Waals surface area contributed by atoms with Gasteiger partial charge in [-0.25, -0.2) is 9.18 Å². The van der Waals surface area contributed by atoms with Crippen molar-refractivity contribution in [3.63, 3.8) is 0 Å². The Hall–Kier alpha value is -1.13. The molecule has 1 unspecified atom stereocenters. The van der Waals surface area contributed by atoms with Crippen LogP contribution in [0.15, 0.2) is 0 Å². The highest BCUT2D eigenvalue weighted by Gasteiger charge is 2.22. The second-order valence-corrected chi connectivity index (χ2v) is 2.23. The van der Waals surface area contributed by atoms with Gasteiger partial charge in [0.1, 0.15) is 0 Å². The third-order valence-electron chi connectivity index (χ3n) is 1.19. The van der Waals surface area contributed by atoms with Gasteiger partial charge in [-0.1, -0.05) is 0 Å². The highest BCUT2D eigenvalue weighted by Crippen LogP contribution is 2.02. The Labute approximate surface area is 76.0 Å². The van der Waals surface area contributed by atoms with Crippen LogP contribution in [0.1, 0.15) is 20.3 Å². The van der Waals surface area contributed by atoms with Crippen LogP contribution in [0.25, 0.3) is 0 Å². The van der Waals surface area contributed by atoms with Crippen molar-refractivity contribution in [1.29, 1.82) is 0 Å². The lowest BCUT2D eigenvalue weighted by molar-refractivity contribution is -0.155. The third kappa shape index (κ3) is 5.16. The Balaban J connectivity index is 3.78. The van der Waals surface area contributed by atoms with Crippen molar-refractivity contribution in [3.05, 3.63) is 0 Å². The first-order valence-electron chi connectivity index (χ1n) is 4.08. The zero-order chi connectivity index (χ0) is 10.3. The molecule has 0 spiro atoms. The average Bonchev–Trinajstić information content (AvgIpc) is 2.05. The van der Waals surface area contributed by atoms with Gasteiger partial charge < -0.3 is 9.47 Å². The summed E-state index contributed by atoms with van der Waals surface area (Å²) in [4.78, 5) is 21.4. The van der Waals surface area contributed by atoms with Gasteiger partial charge >= 0.3 is 11.9 Å². The summed E-state index contributed by atoms with van der Waals surface area (Å²) in [6.07, 6.45) is -2.49. The third-order valence-corrected chi connectivity index (χ3v) is 1.19. The van der Waals surface area contributed by atoms with E-state index in [4.69, 9.17) is 0 Å². The zero-order valence-electron chi connectivity index (χ0n) is 7.71. The lowest BCUT2D eigenvalue weighted by atomic mass is 10.3. The van der Waals surface area contributed by atoms with Crippen molar-refractivity contribution < 1.29 is 23.5 Å². The molecule has 0 aromatic heterocycles. The quantitative estimate of drug-likeness (QED) is 0.606. The lowest BCUT2D eigenvalue weighted by Crippen LogP contribution is -2.23. The Kier molecular flexibility index (Phi) is 5.84. The minimum Gasteiger partial charge on any atom is -0.466 e. The first-order valence-corrected chi connectivity index (χ1v) is 4.08. The van der Waals surface area contributed by atoms with Crippen molar-refractivity contribution in [3.8, 4) is 0 Å². The number of esters is 2. The summed E-state index contributed by atoms with van der Waals surface area (Å²) in [5.41, 5.74) is 0. The van der Waals surface area contributed by atoms with Crippen LogP contribution in [0.3, 0.4) is 0 Å². The highest BCUT2D eigenvalue weighted by molar-refractivity contribution is 5.81. The monoisotopic (exact) mass is 192 g/mol. The summed E-state index contributed by atoms with van der Waals surface area (Å²) in [5.74, 6) is -1.75. The van der Waals surface area contributed by atoms with Crippen LogP contribution in [-0.2, 0) is 19.1 Å². The predicted molar refractivity (Wildman–Crippen MR) is 42.8 cm³/mol. The number of alkyl halides is 1. The van der Waals surface area contributed by atoms with Crippen LogP contribution < -0.4 is 0 Å². The fraction of sp³-hybridized carbons (Fsp3) is 0.750. The SMILES string of the molecule is CCOC(=O)CC(F)C(=O)OCC. The molecule has 0 heterocycles. The second kappa shape index (κ2) is 6.39. The molecule has 0 fully saturated rings. The maximum absolute atomic E-state index is 12.8.